The molecule has 1 heterocycles. The van der Waals surface area contributed by atoms with Crippen LogP contribution in [0.2, 0.25) is 0 Å². The summed E-state index contributed by atoms with van der Waals surface area (Å²) in [5.74, 6) is 0.291. The molecule has 1 amide bonds. The summed E-state index contributed by atoms with van der Waals surface area (Å²) in [7, 11) is 0. The first-order chi connectivity index (χ1) is 15.0. The van der Waals surface area contributed by atoms with Crippen LogP contribution >= 0.6 is 0 Å². The van der Waals surface area contributed by atoms with Crippen molar-refractivity contribution in [3.63, 3.8) is 0 Å². The van der Waals surface area contributed by atoms with Crippen molar-refractivity contribution in [2.45, 2.75) is 65.7 Å². The van der Waals surface area contributed by atoms with Crippen LogP contribution < -0.4 is 5.32 Å². The molecule has 0 aromatic rings. The number of hydrogen-bond donors (Lipinski definition) is 2. The Balaban J connectivity index is 2.29. The number of nitrogens with zero attached hydrogens (tertiary/aromatic N) is 4. The van der Waals surface area contributed by atoms with E-state index >= 15 is 0 Å². The van der Waals surface area contributed by atoms with Crippen LogP contribution in [0.3, 0.4) is 0 Å². The molecular weight excluding hydrogens is 394 g/mol. The number of carboxylic acid groups (broad SMARTS) is 1. The van der Waals surface area contributed by atoms with Gasteiger partial charge in [0, 0.05) is 45.7 Å². The van der Waals surface area contributed by atoms with E-state index in [0.29, 0.717) is 26.1 Å². The largest absolute Gasteiger partial charge is 0.481 e. The number of hydrogen-bond acceptors (Lipinski definition) is 6. The van der Waals surface area contributed by atoms with E-state index in [4.69, 9.17) is 5.11 Å². The molecule has 8 nitrogen and oxygen atoms in total. The number of amidine groups is 1. The van der Waals surface area contributed by atoms with Gasteiger partial charge in [-0.15, -0.1) is 0 Å². The quantitative estimate of drug-likeness (QED) is 0.300. The van der Waals surface area contributed by atoms with Crippen LogP contribution in [0, 0.1) is 0 Å². The Bertz CT molecular complexity index is 533. The number of rotatable bonds is 19. The third-order valence-corrected chi connectivity index (χ3v) is 5.78. The van der Waals surface area contributed by atoms with Gasteiger partial charge in [-0.25, -0.2) is 0 Å². The average Bonchev–Trinajstić information content (AvgIpc) is 3.16. The van der Waals surface area contributed by atoms with Gasteiger partial charge in [-0.2, -0.15) is 0 Å². The fraction of sp³-hybridized carbons (Fsp3) is 0.870. The molecule has 0 saturated carbocycles. The van der Waals surface area contributed by atoms with Crippen LogP contribution in [0.25, 0.3) is 0 Å². The summed E-state index contributed by atoms with van der Waals surface area (Å²) < 4.78 is 0. The van der Waals surface area contributed by atoms with E-state index in [1.807, 2.05) is 6.92 Å². The van der Waals surface area contributed by atoms with E-state index in [2.05, 4.69) is 38.9 Å². The maximum atomic E-state index is 12.3. The molecule has 0 bridgehead atoms. The minimum atomic E-state index is -0.802. The number of amides is 1. The van der Waals surface area contributed by atoms with Crippen LogP contribution in [0.4, 0.5) is 0 Å². The molecule has 0 spiro atoms. The second-order valence-electron chi connectivity index (χ2n) is 8.40. The van der Waals surface area contributed by atoms with E-state index in [0.717, 1.165) is 58.1 Å². The van der Waals surface area contributed by atoms with Gasteiger partial charge in [0.2, 0.25) is 5.91 Å². The van der Waals surface area contributed by atoms with Crippen LogP contribution in [-0.2, 0) is 9.59 Å². The predicted octanol–water partition coefficient (Wildman–Crippen LogP) is 2.30. The topological polar surface area (TPSA) is 88.5 Å². The van der Waals surface area contributed by atoms with Gasteiger partial charge in [0.1, 0.15) is 0 Å². The summed E-state index contributed by atoms with van der Waals surface area (Å²) in [4.78, 5) is 34.5. The molecule has 0 aromatic heterocycles. The normalized spacial score (nSPS) is 13.8. The van der Waals surface area contributed by atoms with Crippen molar-refractivity contribution >= 4 is 17.7 Å². The van der Waals surface area contributed by atoms with Crippen molar-refractivity contribution in [1.29, 1.82) is 0 Å². The Morgan fingerprint density at radius 2 is 1.58 bits per heavy atom. The molecule has 8 heteroatoms. The predicted molar refractivity (Wildman–Crippen MR) is 127 cm³/mol. The zero-order chi connectivity index (χ0) is 22.9. The van der Waals surface area contributed by atoms with Gasteiger partial charge < -0.3 is 25.1 Å². The van der Waals surface area contributed by atoms with Gasteiger partial charge in [0.05, 0.1) is 18.8 Å². The van der Waals surface area contributed by atoms with Gasteiger partial charge in [-0.1, -0.05) is 26.7 Å². The highest BCUT2D eigenvalue weighted by atomic mass is 16.4. The van der Waals surface area contributed by atoms with E-state index in [-0.39, 0.29) is 12.3 Å². The maximum Gasteiger partial charge on any atom is 0.304 e. The van der Waals surface area contributed by atoms with Crippen LogP contribution in [-0.4, -0.2) is 103 Å². The number of unbranched alkanes of at least 4 members (excludes halogenated alkanes) is 2. The molecule has 1 aliphatic heterocycles. The van der Waals surface area contributed by atoms with Gasteiger partial charge in [0.15, 0.2) is 0 Å². The molecule has 180 valence electrons. The van der Waals surface area contributed by atoms with Gasteiger partial charge in [-0.3, -0.25) is 14.6 Å². The van der Waals surface area contributed by atoms with Crippen LogP contribution in [0.1, 0.15) is 65.7 Å². The lowest BCUT2D eigenvalue weighted by atomic mass is 10.2. The van der Waals surface area contributed by atoms with Gasteiger partial charge in [-0.05, 0) is 45.8 Å². The highest BCUT2D eigenvalue weighted by Crippen LogP contribution is 2.03. The van der Waals surface area contributed by atoms with Gasteiger partial charge in [0.25, 0.3) is 0 Å². The molecule has 0 aliphatic carbocycles. The Kier molecular flexibility index (Phi) is 15.0. The van der Waals surface area contributed by atoms with Crippen molar-refractivity contribution in [1.82, 2.24) is 20.0 Å². The van der Waals surface area contributed by atoms with E-state index in [1.54, 1.807) is 0 Å². The van der Waals surface area contributed by atoms with E-state index in [9.17, 15) is 9.59 Å². The van der Waals surface area contributed by atoms with Crippen molar-refractivity contribution in [2.24, 2.45) is 4.99 Å². The number of aliphatic imine (C=N–C) groups is 1. The summed E-state index contributed by atoms with van der Waals surface area (Å²) in [5.41, 5.74) is 0. The lowest BCUT2D eigenvalue weighted by Gasteiger charge is -2.25. The highest BCUT2D eigenvalue weighted by molar-refractivity contribution is 5.81. The third kappa shape index (κ3) is 13.4. The number of carbonyl (C=O) groups is 2. The maximum absolute atomic E-state index is 12.3. The zero-order valence-electron chi connectivity index (χ0n) is 20.1. The number of carboxylic acids is 1. The molecule has 2 N–H and O–H groups in total. The Morgan fingerprint density at radius 1 is 0.968 bits per heavy atom. The molecule has 0 atom stereocenters. The average molecular weight is 440 g/mol. The van der Waals surface area contributed by atoms with E-state index < -0.39 is 5.97 Å². The molecule has 0 aromatic carbocycles. The van der Waals surface area contributed by atoms with Crippen molar-refractivity contribution < 1.29 is 14.7 Å². The SMILES string of the molecule is CCCCN(CCCC)CCCNC(=O)CCN(CCC(=O)O)CCN1CCN=C1C. The first-order valence-corrected chi connectivity index (χ1v) is 12.1. The second kappa shape index (κ2) is 17.0. The van der Waals surface area contributed by atoms with Crippen molar-refractivity contribution in [2.75, 3.05) is 65.4 Å². The number of carbonyl (C=O) groups excluding carboxylic acids is 1. The fourth-order valence-corrected chi connectivity index (χ4v) is 3.70. The van der Waals surface area contributed by atoms with Crippen molar-refractivity contribution in [3.05, 3.63) is 0 Å². The number of aliphatic carboxylic acids is 1. The van der Waals surface area contributed by atoms with Crippen molar-refractivity contribution in [3.8, 4) is 0 Å². The lowest BCUT2D eigenvalue weighted by molar-refractivity contribution is -0.137. The van der Waals surface area contributed by atoms with Gasteiger partial charge >= 0.3 is 5.97 Å². The smallest absolute Gasteiger partial charge is 0.304 e. The second-order valence-corrected chi connectivity index (χ2v) is 8.40. The zero-order valence-corrected chi connectivity index (χ0v) is 20.1. The molecule has 31 heavy (non-hydrogen) atoms. The summed E-state index contributed by atoms with van der Waals surface area (Å²) >= 11 is 0. The Labute approximate surface area is 189 Å². The van der Waals surface area contributed by atoms with E-state index in [1.165, 1.54) is 25.7 Å². The molecule has 0 saturated heterocycles. The lowest BCUT2D eigenvalue weighted by Crippen LogP contribution is -2.39. The summed E-state index contributed by atoms with van der Waals surface area (Å²) in [6.45, 7) is 14.8. The fourth-order valence-electron chi connectivity index (χ4n) is 3.70. The standard InChI is InChI=1S/C23H45N5O3/c1-4-6-13-26(14-7-5-2)15-8-11-25-22(29)9-16-27(17-10-23(30)31)19-20-28-18-12-24-21(28)3/h4-20H2,1-3H3,(H,25,29)(H,30,31). The van der Waals surface area contributed by atoms with Crippen LogP contribution in [0.5, 0.6) is 0 Å². The highest BCUT2D eigenvalue weighted by Gasteiger charge is 2.15. The monoisotopic (exact) mass is 439 g/mol. The third-order valence-electron chi connectivity index (χ3n) is 5.78. The minimum absolute atomic E-state index is 0.0490. The molecule has 1 aliphatic rings. The molecule has 0 fully saturated rings. The Morgan fingerprint density at radius 3 is 2.16 bits per heavy atom. The summed E-state index contributed by atoms with van der Waals surface area (Å²) in [6.07, 6.45) is 6.34. The number of nitrogens with one attached hydrogen (secondary N) is 1. The Hall–Kier alpha value is -1.67. The first-order valence-electron chi connectivity index (χ1n) is 12.1. The summed E-state index contributed by atoms with van der Waals surface area (Å²) in [6, 6.07) is 0. The molecular formula is C23H45N5O3. The molecule has 0 unspecified atom stereocenters. The molecule has 0 radical (unpaired) electrons. The minimum Gasteiger partial charge on any atom is -0.481 e. The molecule has 1 rings (SSSR count). The first kappa shape index (κ1) is 27.4. The van der Waals surface area contributed by atoms with Crippen LogP contribution in [0.15, 0.2) is 4.99 Å². The summed E-state index contributed by atoms with van der Waals surface area (Å²) in [5, 5.41) is 12.1.